The van der Waals surface area contributed by atoms with Gasteiger partial charge >= 0.3 is 0 Å². The molecule has 0 spiro atoms. The average Bonchev–Trinajstić information content (AvgIpc) is 2.21. The number of aldehydes is 1. The van der Waals surface area contributed by atoms with E-state index in [1.54, 1.807) is 0 Å². The molecule has 0 aliphatic carbocycles. The van der Waals surface area contributed by atoms with Crippen LogP contribution >= 0.6 is 0 Å². The van der Waals surface area contributed by atoms with Crippen molar-refractivity contribution in [2.24, 2.45) is 5.92 Å². The van der Waals surface area contributed by atoms with Gasteiger partial charge in [0, 0.05) is 12.5 Å². The second kappa shape index (κ2) is 6.11. The van der Waals surface area contributed by atoms with Gasteiger partial charge in [0.05, 0.1) is 6.61 Å². The smallest absolute Gasteiger partial charge is 0.157 e. The van der Waals surface area contributed by atoms with Crippen molar-refractivity contribution in [2.75, 3.05) is 13.2 Å². The first-order chi connectivity index (χ1) is 6.36. The number of carbonyl (C=O) groups excluding carboxylic acids is 1. The quantitative estimate of drug-likeness (QED) is 0.614. The van der Waals surface area contributed by atoms with E-state index in [0.717, 1.165) is 32.2 Å². The molecule has 0 aromatic heterocycles. The molecule has 1 fully saturated rings. The molecule has 1 heterocycles. The first-order valence-corrected chi connectivity index (χ1v) is 5.05. The third kappa shape index (κ3) is 3.87. The molecule has 0 radical (unpaired) electrons. The maximum atomic E-state index is 10.5. The van der Waals surface area contributed by atoms with E-state index < -0.39 is 0 Å². The molecule has 1 aliphatic heterocycles. The molecule has 3 heteroatoms. The molecule has 3 nitrogen and oxygen atoms in total. The van der Waals surface area contributed by atoms with Crippen LogP contribution in [0.2, 0.25) is 0 Å². The molecule has 0 bridgehead atoms. The highest BCUT2D eigenvalue weighted by molar-refractivity contribution is 5.53. The lowest BCUT2D eigenvalue weighted by atomic mass is 10.1. The number of hydrogen-bond donors (Lipinski definition) is 0. The Labute approximate surface area is 79.4 Å². The molecule has 13 heavy (non-hydrogen) atoms. The van der Waals surface area contributed by atoms with Crippen molar-refractivity contribution < 1.29 is 14.3 Å². The van der Waals surface area contributed by atoms with E-state index in [4.69, 9.17) is 9.47 Å². The summed E-state index contributed by atoms with van der Waals surface area (Å²) >= 11 is 0. The van der Waals surface area contributed by atoms with Crippen LogP contribution in [0.5, 0.6) is 0 Å². The van der Waals surface area contributed by atoms with Crippen LogP contribution in [0, 0.1) is 5.92 Å². The zero-order valence-electron chi connectivity index (χ0n) is 8.20. The fourth-order valence-electron chi connectivity index (χ4n) is 1.33. The maximum Gasteiger partial charge on any atom is 0.157 e. The lowest BCUT2D eigenvalue weighted by Crippen LogP contribution is -2.25. The van der Waals surface area contributed by atoms with Crippen LogP contribution in [0.25, 0.3) is 0 Å². The van der Waals surface area contributed by atoms with Crippen molar-refractivity contribution in [3.8, 4) is 0 Å². The molecule has 1 saturated heterocycles. The van der Waals surface area contributed by atoms with Gasteiger partial charge in [0.25, 0.3) is 0 Å². The highest BCUT2D eigenvalue weighted by Crippen LogP contribution is 2.14. The summed E-state index contributed by atoms with van der Waals surface area (Å²) in [5, 5.41) is 0. The van der Waals surface area contributed by atoms with Crippen LogP contribution in [0.1, 0.15) is 32.6 Å². The predicted molar refractivity (Wildman–Crippen MR) is 49.4 cm³/mol. The zero-order valence-corrected chi connectivity index (χ0v) is 8.20. The molecule has 0 aromatic carbocycles. The topological polar surface area (TPSA) is 35.5 Å². The van der Waals surface area contributed by atoms with Crippen LogP contribution in [0.4, 0.5) is 0 Å². The minimum Gasteiger partial charge on any atom is -0.353 e. The van der Waals surface area contributed by atoms with Crippen LogP contribution in [-0.2, 0) is 14.3 Å². The molecule has 1 rings (SSSR count). The van der Waals surface area contributed by atoms with Crippen molar-refractivity contribution in [1.82, 2.24) is 0 Å². The van der Waals surface area contributed by atoms with Crippen molar-refractivity contribution in [1.29, 1.82) is 0 Å². The monoisotopic (exact) mass is 186 g/mol. The number of carbonyl (C=O) groups is 1. The molecule has 1 aliphatic rings. The fourth-order valence-corrected chi connectivity index (χ4v) is 1.33. The van der Waals surface area contributed by atoms with Gasteiger partial charge in [-0.15, -0.1) is 0 Å². The first-order valence-electron chi connectivity index (χ1n) is 5.05. The second-order valence-electron chi connectivity index (χ2n) is 3.43. The van der Waals surface area contributed by atoms with E-state index in [9.17, 15) is 4.79 Å². The number of rotatable bonds is 5. The summed E-state index contributed by atoms with van der Waals surface area (Å²) in [4.78, 5) is 10.5. The standard InChI is InChI=1S/C10H18O3/c1-2-9(7-11)8-13-10-5-3-4-6-12-10/h7,9-10H,2-6,8H2,1H3/t9-,10?/m1/s1. The largest absolute Gasteiger partial charge is 0.353 e. The molecule has 1 unspecified atom stereocenters. The lowest BCUT2D eigenvalue weighted by Gasteiger charge is -2.23. The normalized spacial score (nSPS) is 25.5. The van der Waals surface area contributed by atoms with Crippen molar-refractivity contribution >= 4 is 6.29 Å². The summed E-state index contributed by atoms with van der Waals surface area (Å²) in [5.41, 5.74) is 0. The van der Waals surface area contributed by atoms with E-state index >= 15 is 0 Å². The third-order valence-corrected chi connectivity index (χ3v) is 2.35. The van der Waals surface area contributed by atoms with Gasteiger partial charge in [0.2, 0.25) is 0 Å². The van der Waals surface area contributed by atoms with E-state index in [1.807, 2.05) is 6.92 Å². The molecular formula is C10H18O3. The van der Waals surface area contributed by atoms with Crippen LogP contribution in [-0.4, -0.2) is 25.8 Å². The van der Waals surface area contributed by atoms with Crippen LogP contribution < -0.4 is 0 Å². The molecule has 2 atom stereocenters. The molecule has 0 saturated carbocycles. The van der Waals surface area contributed by atoms with Crippen molar-refractivity contribution in [3.05, 3.63) is 0 Å². The van der Waals surface area contributed by atoms with Gasteiger partial charge in [0.15, 0.2) is 6.29 Å². The lowest BCUT2D eigenvalue weighted by molar-refractivity contribution is -0.169. The van der Waals surface area contributed by atoms with E-state index in [2.05, 4.69) is 0 Å². The summed E-state index contributed by atoms with van der Waals surface area (Å²) in [7, 11) is 0. The van der Waals surface area contributed by atoms with Gasteiger partial charge in [-0.05, 0) is 25.7 Å². The summed E-state index contributed by atoms with van der Waals surface area (Å²) in [6, 6.07) is 0. The van der Waals surface area contributed by atoms with Crippen molar-refractivity contribution in [2.45, 2.75) is 38.9 Å². The van der Waals surface area contributed by atoms with Gasteiger partial charge in [-0.1, -0.05) is 6.92 Å². The van der Waals surface area contributed by atoms with Crippen molar-refractivity contribution in [3.63, 3.8) is 0 Å². The Kier molecular flexibility index (Phi) is 5.01. The minimum absolute atomic E-state index is 0.0329. The summed E-state index contributed by atoms with van der Waals surface area (Å²) in [6.07, 6.45) is 5.00. The molecule has 0 N–H and O–H groups in total. The molecular weight excluding hydrogens is 168 g/mol. The number of hydrogen-bond acceptors (Lipinski definition) is 3. The highest BCUT2D eigenvalue weighted by Gasteiger charge is 2.15. The SMILES string of the molecule is CC[C@H](C=O)COC1CCCCO1. The highest BCUT2D eigenvalue weighted by atomic mass is 16.7. The van der Waals surface area contributed by atoms with Gasteiger partial charge in [-0.3, -0.25) is 0 Å². The molecule has 0 aromatic rings. The Morgan fingerprint density at radius 3 is 3.00 bits per heavy atom. The van der Waals surface area contributed by atoms with Gasteiger partial charge in [-0.25, -0.2) is 0 Å². The first kappa shape index (κ1) is 10.7. The predicted octanol–water partition coefficient (Wildman–Crippen LogP) is 1.75. The Hall–Kier alpha value is -0.410. The van der Waals surface area contributed by atoms with E-state index in [1.165, 1.54) is 6.42 Å². The Morgan fingerprint density at radius 2 is 2.46 bits per heavy atom. The Morgan fingerprint density at radius 1 is 1.62 bits per heavy atom. The Balaban J connectivity index is 2.12. The molecule has 0 amide bonds. The van der Waals surface area contributed by atoms with Gasteiger partial charge in [-0.2, -0.15) is 0 Å². The Bertz CT molecular complexity index is 141. The van der Waals surface area contributed by atoms with Gasteiger partial charge < -0.3 is 14.3 Å². The average molecular weight is 186 g/mol. The summed E-state index contributed by atoms with van der Waals surface area (Å²) < 4.78 is 10.9. The van der Waals surface area contributed by atoms with Gasteiger partial charge in [0.1, 0.15) is 6.29 Å². The zero-order chi connectivity index (χ0) is 9.52. The second-order valence-corrected chi connectivity index (χ2v) is 3.43. The van der Waals surface area contributed by atoms with Crippen LogP contribution in [0.15, 0.2) is 0 Å². The third-order valence-electron chi connectivity index (χ3n) is 2.35. The summed E-state index contributed by atoms with van der Waals surface area (Å²) in [6.45, 7) is 3.29. The fraction of sp³-hybridized carbons (Fsp3) is 0.900. The summed E-state index contributed by atoms with van der Waals surface area (Å²) in [5.74, 6) is 0.0329. The van der Waals surface area contributed by atoms with E-state index in [0.29, 0.717) is 6.61 Å². The minimum atomic E-state index is -0.0669. The number of ether oxygens (including phenoxy) is 2. The van der Waals surface area contributed by atoms with Crippen LogP contribution in [0.3, 0.4) is 0 Å². The molecule has 76 valence electrons. The van der Waals surface area contributed by atoms with E-state index in [-0.39, 0.29) is 12.2 Å². The maximum absolute atomic E-state index is 10.5.